The second-order valence-electron chi connectivity index (χ2n) is 6.30. The summed E-state index contributed by atoms with van der Waals surface area (Å²) in [5.74, 6) is -2.34. The highest BCUT2D eigenvalue weighted by Crippen LogP contribution is 2.36. The van der Waals surface area contributed by atoms with Gasteiger partial charge in [-0.2, -0.15) is 0 Å². The van der Waals surface area contributed by atoms with Gasteiger partial charge in [0.15, 0.2) is 9.84 Å². The molecule has 0 aliphatic heterocycles. The van der Waals surface area contributed by atoms with Gasteiger partial charge in [-0.05, 0) is 60.2 Å². The fourth-order valence-electron chi connectivity index (χ4n) is 2.81. The predicted octanol–water partition coefficient (Wildman–Crippen LogP) is 4.08. The number of pyridine rings is 1. The minimum atomic E-state index is -4.22. The first-order chi connectivity index (χ1) is 14.2. The van der Waals surface area contributed by atoms with E-state index >= 15 is 0 Å². The molecule has 5 nitrogen and oxygen atoms in total. The number of benzene rings is 2. The van der Waals surface area contributed by atoms with E-state index in [2.05, 4.69) is 4.98 Å². The number of nitrogens with zero attached hydrogens (tertiary/aromatic N) is 1. The Kier molecular flexibility index (Phi) is 6.28. The number of halogens is 3. The zero-order valence-corrected chi connectivity index (χ0v) is 16.9. The molecule has 3 aromatic rings. The van der Waals surface area contributed by atoms with Crippen LogP contribution in [0.1, 0.15) is 22.1 Å². The summed E-state index contributed by atoms with van der Waals surface area (Å²) in [6, 6.07) is 10.8. The maximum atomic E-state index is 14.6. The highest BCUT2D eigenvalue weighted by molar-refractivity contribution is 7.91. The third kappa shape index (κ3) is 4.72. The lowest BCUT2D eigenvalue weighted by molar-refractivity contribution is -0.113. The average Bonchev–Trinajstić information content (AvgIpc) is 2.70. The van der Waals surface area contributed by atoms with Crippen molar-refractivity contribution in [3.05, 3.63) is 100 Å². The van der Waals surface area contributed by atoms with Crippen LogP contribution in [0.15, 0.2) is 71.8 Å². The third-order valence-corrected chi connectivity index (χ3v) is 6.51. The van der Waals surface area contributed by atoms with Gasteiger partial charge < -0.3 is 5.73 Å². The van der Waals surface area contributed by atoms with Gasteiger partial charge in [0.05, 0.1) is 10.6 Å². The number of amides is 1. The van der Waals surface area contributed by atoms with Crippen molar-refractivity contribution < 1.29 is 22.0 Å². The zero-order chi connectivity index (χ0) is 21.9. The quantitative estimate of drug-likeness (QED) is 0.575. The molecule has 9 heteroatoms. The zero-order valence-electron chi connectivity index (χ0n) is 15.3. The van der Waals surface area contributed by atoms with Crippen LogP contribution in [0.5, 0.6) is 0 Å². The van der Waals surface area contributed by atoms with Gasteiger partial charge in [-0.3, -0.25) is 9.78 Å². The molecule has 1 amide bonds. The molecule has 1 unspecified atom stereocenters. The van der Waals surface area contributed by atoms with Crippen LogP contribution in [0, 0.1) is 11.6 Å². The van der Waals surface area contributed by atoms with Crippen molar-refractivity contribution in [2.75, 3.05) is 0 Å². The minimum Gasteiger partial charge on any atom is -0.366 e. The molecule has 1 heterocycles. The van der Waals surface area contributed by atoms with E-state index in [-0.39, 0.29) is 16.2 Å². The van der Waals surface area contributed by atoms with E-state index in [1.54, 1.807) is 0 Å². The molecule has 0 bridgehead atoms. The number of aromatic nitrogens is 1. The van der Waals surface area contributed by atoms with E-state index in [9.17, 15) is 22.0 Å². The summed E-state index contributed by atoms with van der Waals surface area (Å²) in [5.41, 5.74) is 5.12. The number of sulfone groups is 1. The summed E-state index contributed by atoms with van der Waals surface area (Å²) in [4.78, 5) is 14.9. The molecule has 1 atom stereocenters. The highest BCUT2D eigenvalue weighted by Gasteiger charge is 2.34. The molecule has 0 spiro atoms. The Morgan fingerprint density at radius 2 is 1.77 bits per heavy atom. The molecule has 0 aliphatic rings. The van der Waals surface area contributed by atoms with Crippen molar-refractivity contribution in [2.45, 2.75) is 10.1 Å². The Morgan fingerprint density at radius 1 is 1.07 bits per heavy atom. The van der Waals surface area contributed by atoms with Gasteiger partial charge in [0, 0.05) is 22.9 Å². The lowest BCUT2D eigenvalue weighted by Crippen LogP contribution is -2.18. The Labute approximate surface area is 176 Å². The molecule has 3 rings (SSSR count). The molecule has 154 valence electrons. The van der Waals surface area contributed by atoms with E-state index in [0.717, 1.165) is 24.3 Å². The number of hydrogen-bond acceptors (Lipinski definition) is 4. The normalized spacial score (nSPS) is 12.8. The van der Waals surface area contributed by atoms with Crippen molar-refractivity contribution in [1.82, 2.24) is 4.98 Å². The van der Waals surface area contributed by atoms with Gasteiger partial charge in [-0.1, -0.05) is 17.7 Å². The Morgan fingerprint density at radius 3 is 2.37 bits per heavy atom. The van der Waals surface area contributed by atoms with Crippen molar-refractivity contribution in [2.24, 2.45) is 5.73 Å². The molecule has 2 N–H and O–H groups in total. The number of carbonyl (C=O) groups excluding carboxylic acids is 1. The monoisotopic (exact) mass is 448 g/mol. The molecule has 2 aromatic carbocycles. The topological polar surface area (TPSA) is 90.1 Å². The summed E-state index contributed by atoms with van der Waals surface area (Å²) < 4.78 is 55.1. The first kappa shape index (κ1) is 21.6. The lowest BCUT2D eigenvalue weighted by atomic mass is 10.1. The van der Waals surface area contributed by atoms with Crippen LogP contribution in [-0.4, -0.2) is 19.3 Å². The van der Waals surface area contributed by atoms with Crippen LogP contribution >= 0.6 is 11.6 Å². The molecular weight excluding hydrogens is 434 g/mol. The minimum absolute atomic E-state index is 0.0225. The first-order valence-corrected chi connectivity index (χ1v) is 10.5. The summed E-state index contributed by atoms with van der Waals surface area (Å²) in [6.07, 6.45) is 3.81. The van der Waals surface area contributed by atoms with Crippen LogP contribution in [0.4, 0.5) is 8.78 Å². The van der Waals surface area contributed by atoms with Gasteiger partial charge >= 0.3 is 0 Å². The van der Waals surface area contributed by atoms with Gasteiger partial charge in [0.1, 0.15) is 16.9 Å². The number of primary amides is 1. The fourth-order valence-corrected chi connectivity index (χ4v) is 4.70. The molecular formula is C21H15ClF2N2O3S. The Balaban J connectivity index is 2.16. The molecule has 1 aromatic heterocycles. The second-order valence-corrected chi connectivity index (χ2v) is 8.77. The molecule has 0 radical (unpaired) electrons. The van der Waals surface area contributed by atoms with Crippen molar-refractivity contribution in [3.63, 3.8) is 0 Å². The summed E-state index contributed by atoms with van der Waals surface area (Å²) >= 11 is 5.83. The SMILES string of the molecule is NC(=O)/C=C/c1ccc(C(c2cc(F)ccc2F)S(=O)(=O)c2ccc(Cl)cc2)nc1. The number of nitrogens with two attached hydrogens (primary N) is 1. The van der Waals surface area contributed by atoms with E-state index in [1.807, 2.05) is 0 Å². The summed E-state index contributed by atoms with van der Waals surface area (Å²) in [7, 11) is -4.22. The average molecular weight is 449 g/mol. The standard InChI is InChI=1S/C21H15ClF2N2O3S/c22-14-3-6-16(7-4-14)30(28,29)21(17-11-15(23)5-8-18(17)24)19-9-1-13(12-26-19)2-10-20(25)27/h1-12,21H,(H2,25,27)/b10-2+. The number of carbonyl (C=O) groups is 1. The van der Waals surface area contributed by atoms with Gasteiger partial charge in [0.2, 0.25) is 5.91 Å². The van der Waals surface area contributed by atoms with Crippen LogP contribution in [0.2, 0.25) is 5.02 Å². The maximum Gasteiger partial charge on any atom is 0.241 e. The van der Waals surface area contributed by atoms with E-state index in [1.165, 1.54) is 48.7 Å². The Hall–Kier alpha value is -3.10. The van der Waals surface area contributed by atoms with Gasteiger partial charge in [-0.15, -0.1) is 0 Å². The Bertz CT molecular complexity index is 1210. The fraction of sp³-hybridized carbons (Fsp3) is 0.0476. The first-order valence-electron chi connectivity index (χ1n) is 8.56. The van der Waals surface area contributed by atoms with Crippen LogP contribution in [-0.2, 0) is 14.6 Å². The number of hydrogen-bond donors (Lipinski definition) is 1. The predicted molar refractivity (Wildman–Crippen MR) is 109 cm³/mol. The molecule has 30 heavy (non-hydrogen) atoms. The second kappa shape index (κ2) is 8.73. The maximum absolute atomic E-state index is 14.6. The molecule has 0 fully saturated rings. The van der Waals surface area contributed by atoms with E-state index < -0.39 is 32.6 Å². The van der Waals surface area contributed by atoms with Crippen molar-refractivity contribution in [3.8, 4) is 0 Å². The summed E-state index contributed by atoms with van der Waals surface area (Å²) in [5, 5.41) is -1.28. The van der Waals surface area contributed by atoms with E-state index in [0.29, 0.717) is 10.6 Å². The summed E-state index contributed by atoms with van der Waals surface area (Å²) in [6.45, 7) is 0. The van der Waals surface area contributed by atoms with Gasteiger partial charge in [0.25, 0.3) is 0 Å². The van der Waals surface area contributed by atoms with Crippen molar-refractivity contribution in [1.29, 1.82) is 0 Å². The van der Waals surface area contributed by atoms with Crippen LogP contribution < -0.4 is 5.73 Å². The van der Waals surface area contributed by atoms with E-state index in [4.69, 9.17) is 17.3 Å². The number of rotatable bonds is 6. The third-order valence-electron chi connectivity index (χ3n) is 4.21. The van der Waals surface area contributed by atoms with Crippen LogP contribution in [0.25, 0.3) is 6.08 Å². The lowest BCUT2D eigenvalue weighted by Gasteiger charge is -2.19. The molecule has 0 aliphatic carbocycles. The highest BCUT2D eigenvalue weighted by atomic mass is 35.5. The smallest absolute Gasteiger partial charge is 0.241 e. The largest absolute Gasteiger partial charge is 0.366 e. The van der Waals surface area contributed by atoms with Crippen molar-refractivity contribution >= 4 is 33.4 Å². The van der Waals surface area contributed by atoms with Crippen LogP contribution in [0.3, 0.4) is 0 Å². The molecule has 0 saturated carbocycles. The molecule has 0 saturated heterocycles. The van der Waals surface area contributed by atoms with Gasteiger partial charge in [-0.25, -0.2) is 17.2 Å².